The number of rotatable bonds is 5. The molecular weight excluding hydrogens is 481 g/mol. The zero-order valence-electron chi connectivity index (χ0n) is 18.0. The van der Waals surface area contributed by atoms with E-state index in [0.29, 0.717) is 41.0 Å². The molecule has 0 aliphatic carbocycles. The number of aryl methyl sites for hydroxylation is 1. The van der Waals surface area contributed by atoms with E-state index in [-0.39, 0.29) is 18.3 Å². The normalized spacial score (nSPS) is 14.4. The van der Waals surface area contributed by atoms with Gasteiger partial charge in [-0.25, -0.2) is 4.98 Å². The standard InChI is InChI=1S/C23H22ClN5O2S.ClH/c1-15-2-4-17(24)21-20(15)27-23(32-21)29(9-8-28-10-12-31-13-11-28)22(30)16-3-5-18-19(14-16)26-7-6-25-18;/h2-7,14H,8-13H2,1H3;1H. The number of anilines is 1. The highest BCUT2D eigenvalue weighted by Gasteiger charge is 2.24. The first-order valence-electron chi connectivity index (χ1n) is 10.5. The van der Waals surface area contributed by atoms with Crippen LogP contribution in [0.3, 0.4) is 0 Å². The molecule has 0 spiro atoms. The minimum Gasteiger partial charge on any atom is -0.379 e. The third-order valence-electron chi connectivity index (χ3n) is 5.62. The molecule has 7 nitrogen and oxygen atoms in total. The van der Waals surface area contributed by atoms with Gasteiger partial charge in [-0.1, -0.05) is 29.0 Å². The van der Waals surface area contributed by atoms with Gasteiger partial charge < -0.3 is 4.74 Å². The summed E-state index contributed by atoms with van der Waals surface area (Å²) in [7, 11) is 0. The summed E-state index contributed by atoms with van der Waals surface area (Å²) in [4.78, 5) is 31.2. The van der Waals surface area contributed by atoms with Crippen LogP contribution in [0.1, 0.15) is 15.9 Å². The summed E-state index contributed by atoms with van der Waals surface area (Å²) in [6.07, 6.45) is 3.27. The zero-order valence-corrected chi connectivity index (χ0v) is 20.4. The lowest BCUT2D eigenvalue weighted by molar-refractivity contribution is 0.0391. The lowest BCUT2D eigenvalue weighted by atomic mass is 10.1. The van der Waals surface area contributed by atoms with Gasteiger partial charge in [0.2, 0.25) is 0 Å². The average molecular weight is 504 g/mol. The van der Waals surface area contributed by atoms with Crippen molar-refractivity contribution in [3.8, 4) is 0 Å². The van der Waals surface area contributed by atoms with E-state index >= 15 is 0 Å². The monoisotopic (exact) mass is 503 g/mol. The SMILES string of the molecule is Cc1ccc(Cl)c2sc(N(CCN3CCOCC3)C(=O)c3ccc4nccnc4c3)nc12.Cl. The number of aromatic nitrogens is 3. The number of nitrogens with zero attached hydrogens (tertiary/aromatic N) is 5. The molecule has 0 radical (unpaired) electrons. The van der Waals surface area contributed by atoms with Crippen LogP contribution in [0.25, 0.3) is 21.3 Å². The number of morpholine rings is 1. The Morgan fingerprint density at radius 3 is 2.67 bits per heavy atom. The summed E-state index contributed by atoms with van der Waals surface area (Å²) < 4.78 is 6.35. The van der Waals surface area contributed by atoms with Crippen molar-refractivity contribution < 1.29 is 9.53 Å². The number of hydrogen-bond acceptors (Lipinski definition) is 7. The van der Waals surface area contributed by atoms with Gasteiger partial charge in [-0.05, 0) is 36.8 Å². The van der Waals surface area contributed by atoms with E-state index in [1.165, 1.54) is 11.3 Å². The van der Waals surface area contributed by atoms with E-state index in [4.69, 9.17) is 21.3 Å². The minimum absolute atomic E-state index is 0. The molecule has 0 bridgehead atoms. The van der Waals surface area contributed by atoms with Crippen LogP contribution in [0.2, 0.25) is 5.02 Å². The number of carbonyl (C=O) groups excluding carboxylic acids is 1. The maximum absolute atomic E-state index is 13.7. The molecule has 10 heteroatoms. The number of benzene rings is 2. The van der Waals surface area contributed by atoms with Gasteiger partial charge in [0.05, 0.1) is 39.5 Å². The third-order valence-corrected chi connectivity index (χ3v) is 7.16. The Hall–Kier alpha value is -2.36. The summed E-state index contributed by atoms with van der Waals surface area (Å²) in [6, 6.07) is 9.25. The summed E-state index contributed by atoms with van der Waals surface area (Å²) >= 11 is 7.89. The second-order valence-electron chi connectivity index (χ2n) is 7.71. The second kappa shape index (κ2) is 10.3. The average Bonchev–Trinajstić information content (AvgIpc) is 3.28. The maximum atomic E-state index is 13.7. The van der Waals surface area contributed by atoms with Crippen molar-refractivity contribution >= 4 is 67.6 Å². The van der Waals surface area contributed by atoms with Crippen molar-refractivity contribution in [3.05, 3.63) is 58.9 Å². The van der Waals surface area contributed by atoms with Crippen LogP contribution in [-0.4, -0.2) is 65.2 Å². The molecule has 2 aromatic carbocycles. The van der Waals surface area contributed by atoms with E-state index in [0.717, 1.165) is 40.9 Å². The highest BCUT2D eigenvalue weighted by atomic mass is 35.5. The number of halogens is 2. The number of fused-ring (bicyclic) bond motifs is 2. The molecule has 0 unspecified atom stereocenters. The molecule has 1 fully saturated rings. The van der Waals surface area contributed by atoms with Crippen molar-refractivity contribution in [3.63, 3.8) is 0 Å². The Labute approximate surface area is 206 Å². The van der Waals surface area contributed by atoms with Crippen molar-refractivity contribution in [1.82, 2.24) is 19.9 Å². The lowest BCUT2D eigenvalue weighted by Crippen LogP contribution is -2.43. The maximum Gasteiger partial charge on any atom is 0.260 e. The Morgan fingerprint density at radius 1 is 1.15 bits per heavy atom. The molecule has 1 amide bonds. The number of hydrogen-bond donors (Lipinski definition) is 0. The van der Waals surface area contributed by atoms with Gasteiger partial charge >= 0.3 is 0 Å². The Kier molecular flexibility index (Phi) is 7.41. The number of carbonyl (C=O) groups is 1. The quantitative estimate of drug-likeness (QED) is 0.396. The van der Waals surface area contributed by atoms with Gasteiger partial charge in [-0.15, -0.1) is 12.4 Å². The summed E-state index contributed by atoms with van der Waals surface area (Å²) in [6.45, 7) is 6.42. The van der Waals surface area contributed by atoms with Crippen LogP contribution in [0, 0.1) is 6.92 Å². The predicted molar refractivity (Wildman–Crippen MR) is 135 cm³/mol. The molecule has 1 aliphatic heterocycles. The van der Waals surface area contributed by atoms with E-state index in [1.54, 1.807) is 29.4 Å². The summed E-state index contributed by atoms with van der Waals surface area (Å²) in [5.41, 5.74) is 3.88. The van der Waals surface area contributed by atoms with Crippen LogP contribution in [0.4, 0.5) is 5.13 Å². The first kappa shape index (κ1) is 23.8. The van der Waals surface area contributed by atoms with Crippen molar-refractivity contribution in [2.75, 3.05) is 44.3 Å². The van der Waals surface area contributed by atoms with E-state index in [2.05, 4.69) is 14.9 Å². The van der Waals surface area contributed by atoms with Crippen molar-refractivity contribution in [2.45, 2.75) is 6.92 Å². The predicted octanol–water partition coefficient (Wildman–Crippen LogP) is 4.60. The number of amides is 1. The molecule has 0 saturated carbocycles. The molecular formula is C23H23Cl2N5O2S. The van der Waals surface area contributed by atoms with Gasteiger partial charge in [0, 0.05) is 44.1 Å². The van der Waals surface area contributed by atoms with Gasteiger partial charge in [-0.2, -0.15) is 0 Å². The van der Waals surface area contributed by atoms with Crippen molar-refractivity contribution in [2.24, 2.45) is 0 Å². The molecule has 5 rings (SSSR count). The number of ether oxygens (including phenoxy) is 1. The summed E-state index contributed by atoms with van der Waals surface area (Å²) in [5, 5.41) is 1.30. The lowest BCUT2D eigenvalue weighted by Gasteiger charge is -2.29. The molecule has 4 aromatic rings. The van der Waals surface area contributed by atoms with Crippen LogP contribution < -0.4 is 4.90 Å². The molecule has 33 heavy (non-hydrogen) atoms. The van der Waals surface area contributed by atoms with E-state index in [1.807, 2.05) is 25.1 Å². The van der Waals surface area contributed by atoms with Crippen LogP contribution in [-0.2, 0) is 4.74 Å². The van der Waals surface area contributed by atoms with Crippen LogP contribution in [0.5, 0.6) is 0 Å². The molecule has 3 heterocycles. The van der Waals surface area contributed by atoms with Crippen LogP contribution >= 0.6 is 35.3 Å². The molecule has 0 N–H and O–H groups in total. The fraction of sp³-hybridized carbons (Fsp3) is 0.304. The molecule has 1 saturated heterocycles. The number of thiazole rings is 1. The largest absolute Gasteiger partial charge is 0.379 e. The molecule has 0 atom stereocenters. The molecule has 1 aliphatic rings. The Morgan fingerprint density at radius 2 is 1.91 bits per heavy atom. The molecule has 172 valence electrons. The first-order chi connectivity index (χ1) is 15.6. The fourth-order valence-corrected chi connectivity index (χ4v) is 5.15. The first-order valence-corrected chi connectivity index (χ1v) is 11.7. The van der Waals surface area contributed by atoms with Gasteiger partial charge in [0.15, 0.2) is 5.13 Å². The van der Waals surface area contributed by atoms with E-state index in [9.17, 15) is 4.79 Å². The summed E-state index contributed by atoms with van der Waals surface area (Å²) in [5.74, 6) is -0.112. The van der Waals surface area contributed by atoms with E-state index < -0.39 is 0 Å². The smallest absolute Gasteiger partial charge is 0.260 e. The zero-order chi connectivity index (χ0) is 22.1. The fourth-order valence-electron chi connectivity index (χ4n) is 3.81. The highest BCUT2D eigenvalue weighted by molar-refractivity contribution is 7.23. The molecule has 2 aromatic heterocycles. The topological polar surface area (TPSA) is 71.5 Å². The van der Waals surface area contributed by atoms with Gasteiger partial charge in [0.1, 0.15) is 0 Å². The van der Waals surface area contributed by atoms with Crippen molar-refractivity contribution in [1.29, 1.82) is 0 Å². The Bertz CT molecular complexity index is 1250. The second-order valence-corrected chi connectivity index (χ2v) is 9.09. The Balaban J connectivity index is 0.00000259. The third kappa shape index (κ3) is 4.95. The van der Waals surface area contributed by atoms with Crippen LogP contribution in [0.15, 0.2) is 42.7 Å². The van der Waals surface area contributed by atoms with Gasteiger partial charge in [0.25, 0.3) is 5.91 Å². The minimum atomic E-state index is -0.112. The highest BCUT2D eigenvalue weighted by Crippen LogP contribution is 2.36. The van der Waals surface area contributed by atoms with Gasteiger partial charge in [-0.3, -0.25) is 24.6 Å².